The van der Waals surface area contributed by atoms with Gasteiger partial charge in [-0.3, -0.25) is 0 Å². The van der Waals surface area contributed by atoms with E-state index in [1.54, 1.807) is 0 Å². The van der Waals surface area contributed by atoms with Crippen molar-refractivity contribution in [2.45, 2.75) is 13.3 Å². The minimum Gasteiger partial charge on any atom is -0.310 e. The molecule has 0 saturated carbocycles. The molecule has 0 spiro atoms. The van der Waals surface area contributed by atoms with Gasteiger partial charge in [-0.25, -0.2) is 0 Å². The second kappa shape index (κ2) is 10.5. The Balaban J connectivity index is 1.69. The smallest absolute Gasteiger partial charge is 0.0508 e. The van der Waals surface area contributed by atoms with E-state index in [0.717, 1.165) is 51.1 Å². The lowest BCUT2D eigenvalue weighted by molar-refractivity contribution is 1.11. The van der Waals surface area contributed by atoms with Gasteiger partial charge in [0.05, 0.1) is 5.69 Å². The monoisotopic (exact) mass is 474 g/mol. The normalized spacial score (nSPS) is 10.7. The van der Waals surface area contributed by atoms with Gasteiger partial charge in [0.2, 0.25) is 0 Å². The van der Waals surface area contributed by atoms with Gasteiger partial charge >= 0.3 is 0 Å². The summed E-state index contributed by atoms with van der Waals surface area (Å²) in [5, 5.41) is 0.789. The Hall–Kier alpha value is -4.01. The summed E-state index contributed by atoms with van der Waals surface area (Å²) >= 11 is 6.66. The molecule has 172 valence electrons. The molecule has 0 unspecified atom stereocenters. The maximum Gasteiger partial charge on any atom is 0.0508 e. The zero-order valence-corrected chi connectivity index (χ0v) is 20.4. The molecule has 0 aliphatic rings. The van der Waals surface area contributed by atoms with Crippen LogP contribution in [0.5, 0.6) is 0 Å². The molecule has 0 N–H and O–H groups in total. The Labute approximate surface area is 212 Å². The number of nitrogens with zero attached hydrogens (tertiary/aromatic N) is 2. The fraction of sp³-hybridized carbons (Fsp3) is 0.0625. The van der Waals surface area contributed by atoms with Crippen molar-refractivity contribution in [1.29, 1.82) is 0 Å². The van der Waals surface area contributed by atoms with Crippen LogP contribution < -0.4 is 9.80 Å². The molecule has 5 aromatic rings. The summed E-state index contributed by atoms with van der Waals surface area (Å²) in [6, 6.07) is 46.2. The summed E-state index contributed by atoms with van der Waals surface area (Å²) in [6.45, 7) is 2.15. The molecule has 0 aliphatic carbocycles. The Morgan fingerprint density at radius 2 is 0.914 bits per heavy atom. The second-order valence-electron chi connectivity index (χ2n) is 8.29. The third kappa shape index (κ3) is 4.80. The molecular formula is C32H27ClN2. The summed E-state index contributed by atoms with van der Waals surface area (Å²) in [5.74, 6) is 0. The number of halogens is 1. The molecule has 3 heteroatoms. The van der Waals surface area contributed by atoms with Crippen LogP contribution in [0.4, 0.5) is 34.1 Å². The average molecular weight is 475 g/mol. The fourth-order valence-electron chi connectivity index (χ4n) is 4.48. The Kier molecular flexibility index (Phi) is 6.83. The Bertz CT molecular complexity index is 1350. The maximum absolute atomic E-state index is 6.66. The van der Waals surface area contributed by atoms with Gasteiger partial charge in [-0.05, 0) is 78.7 Å². The highest BCUT2D eigenvalue weighted by atomic mass is 35.5. The number of rotatable bonds is 7. The van der Waals surface area contributed by atoms with E-state index >= 15 is 0 Å². The SMILES string of the molecule is CCc1c(Cl)cccc1N(c1ccccc1)c1cccc(N(c2ccccc2)c2ccccc2)c1. The first kappa shape index (κ1) is 22.8. The molecule has 5 aromatic carbocycles. The lowest BCUT2D eigenvalue weighted by atomic mass is 10.1. The van der Waals surface area contributed by atoms with Gasteiger partial charge in [0.25, 0.3) is 0 Å². The van der Waals surface area contributed by atoms with Crippen molar-refractivity contribution in [2.75, 3.05) is 9.80 Å². The van der Waals surface area contributed by atoms with Gasteiger partial charge in [0.1, 0.15) is 0 Å². The Morgan fingerprint density at radius 1 is 0.486 bits per heavy atom. The zero-order valence-electron chi connectivity index (χ0n) is 19.7. The first-order valence-electron chi connectivity index (χ1n) is 11.9. The van der Waals surface area contributed by atoms with E-state index in [9.17, 15) is 0 Å². The van der Waals surface area contributed by atoms with Crippen molar-refractivity contribution in [3.63, 3.8) is 0 Å². The van der Waals surface area contributed by atoms with E-state index in [2.05, 4.69) is 120 Å². The molecule has 0 bridgehead atoms. The summed E-state index contributed by atoms with van der Waals surface area (Å²) < 4.78 is 0. The van der Waals surface area contributed by atoms with E-state index in [1.807, 2.05) is 30.3 Å². The second-order valence-corrected chi connectivity index (χ2v) is 8.70. The molecule has 0 radical (unpaired) electrons. The van der Waals surface area contributed by atoms with E-state index in [4.69, 9.17) is 11.6 Å². The minimum absolute atomic E-state index is 0.789. The summed E-state index contributed by atoms with van der Waals surface area (Å²) in [7, 11) is 0. The van der Waals surface area contributed by atoms with Gasteiger partial charge in [0.15, 0.2) is 0 Å². The predicted molar refractivity (Wildman–Crippen MR) is 150 cm³/mol. The van der Waals surface area contributed by atoms with Crippen LogP contribution >= 0.6 is 11.6 Å². The van der Waals surface area contributed by atoms with Crippen molar-refractivity contribution < 1.29 is 0 Å². The van der Waals surface area contributed by atoms with E-state index < -0.39 is 0 Å². The molecule has 0 heterocycles. The molecule has 0 saturated heterocycles. The lowest BCUT2D eigenvalue weighted by Gasteiger charge is -2.30. The summed E-state index contributed by atoms with van der Waals surface area (Å²) in [6.07, 6.45) is 0.845. The first-order valence-corrected chi connectivity index (χ1v) is 12.3. The van der Waals surface area contributed by atoms with E-state index in [0.29, 0.717) is 0 Å². The molecule has 0 aromatic heterocycles. The van der Waals surface area contributed by atoms with Gasteiger partial charge in [-0.15, -0.1) is 0 Å². The van der Waals surface area contributed by atoms with Crippen LogP contribution in [0.25, 0.3) is 0 Å². The van der Waals surface area contributed by atoms with Crippen LogP contribution in [0, 0.1) is 0 Å². The van der Waals surface area contributed by atoms with Crippen molar-refractivity contribution in [1.82, 2.24) is 0 Å². The molecule has 5 rings (SSSR count). The minimum atomic E-state index is 0.789. The maximum atomic E-state index is 6.66. The van der Waals surface area contributed by atoms with Gasteiger partial charge in [0, 0.05) is 33.5 Å². The largest absolute Gasteiger partial charge is 0.310 e. The van der Waals surface area contributed by atoms with Crippen molar-refractivity contribution >= 4 is 45.7 Å². The standard InChI is InChI=1S/C32H27ClN2/c1-2-30-31(33)22-13-23-32(30)35(27-18-10-5-11-19-27)29-21-12-20-28(24-29)34(25-14-6-3-7-15-25)26-16-8-4-9-17-26/h3-24H,2H2,1H3. The quantitative estimate of drug-likeness (QED) is 0.231. The first-order chi connectivity index (χ1) is 17.3. The number of para-hydroxylation sites is 3. The van der Waals surface area contributed by atoms with Crippen LogP contribution in [0.2, 0.25) is 5.02 Å². The van der Waals surface area contributed by atoms with Crippen LogP contribution in [0.1, 0.15) is 12.5 Å². The highest BCUT2D eigenvalue weighted by Crippen LogP contribution is 2.42. The highest BCUT2D eigenvalue weighted by molar-refractivity contribution is 6.31. The van der Waals surface area contributed by atoms with Crippen LogP contribution in [0.3, 0.4) is 0 Å². The summed E-state index contributed by atoms with van der Waals surface area (Å²) in [5.41, 5.74) is 7.69. The molecule has 0 amide bonds. The predicted octanol–water partition coefficient (Wildman–Crippen LogP) is 9.84. The van der Waals surface area contributed by atoms with Crippen molar-refractivity contribution in [2.24, 2.45) is 0 Å². The molecule has 2 nitrogen and oxygen atoms in total. The molecular weight excluding hydrogens is 448 g/mol. The third-order valence-electron chi connectivity index (χ3n) is 6.08. The number of hydrogen-bond acceptors (Lipinski definition) is 2. The topological polar surface area (TPSA) is 6.48 Å². The third-order valence-corrected chi connectivity index (χ3v) is 6.43. The summed E-state index contributed by atoms with van der Waals surface area (Å²) in [4.78, 5) is 4.58. The van der Waals surface area contributed by atoms with Crippen LogP contribution in [-0.2, 0) is 6.42 Å². The molecule has 35 heavy (non-hydrogen) atoms. The Morgan fingerprint density at radius 3 is 1.43 bits per heavy atom. The van der Waals surface area contributed by atoms with E-state index in [1.165, 1.54) is 0 Å². The van der Waals surface area contributed by atoms with Crippen LogP contribution in [0.15, 0.2) is 133 Å². The van der Waals surface area contributed by atoms with Crippen molar-refractivity contribution in [3.8, 4) is 0 Å². The molecule has 0 fully saturated rings. The van der Waals surface area contributed by atoms with Gasteiger partial charge < -0.3 is 9.80 Å². The van der Waals surface area contributed by atoms with E-state index in [-0.39, 0.29) is 0 Å². The highest BCUT2D eigenvalue weighted by Gasteiger charge is 2.19. The van der Waals surface area contributed by atoms with Gasteiger partial charge in [-0.2, -0.15) is 0 Å². The lowest BCUT2D eigenvalue weighted by Crippen LogP contribution is -2.14. The molecule has 0 aliphatic heterocycles. The fourth-order valence-corrected chi connectivity index (χ4v) is 4.79. The van der Waals surface area contributed by atoms with Crippen molar-refractivity contribution in [3.05, 3.63) is 144 Å². The number of benzene rings is 5. The number of anilines is 6. The molecule has 0 atom stereocenters. The van der Waals surface area contributed by atoms with Gasteiger partial charge in [-0.1, -0.05) is 85.3 Å². The number of hydrogen-bond donors (Lipinski definition) is 0. The van der Waals surface area contributed by atoms with Crippen LogP contribution in [-0.4, -0.2) is 0 Å². The zero-order chi connectivity index (χ0) is 24.0. The average Bonchev–Trinajstić information content (AvgIpc) is 2.91.